The molecule has 0 fully saturated rings. The molecule has 0 aliphatic rings. The molecule has 0 amide bonds. The molecule has 4 heteroatoms. The minimum atomic E-state index is -0.0867. The summed E-state index contributed by atoms with van der Waals surface area (Å²) in [6.07, 6.45) is 0. The fourth-order valence-corrected chi connectivity index (χ4v) is 2.71. The molecule has 0 unspecified atom stereocenters. The Morgan fingerprint density at radius 3 is 2.25 bits per heavy atom. The number of carbonyl (C=O) groups is 1. The van der Waals surface area contributed by atoms with E-state index in [1.807, 2.05) is 19.1 Å². The first kappa shape index (κ1) is 14.6. The SMILES string of the molecule is COc1ccc(C(=O)c2c(Br)cc(C)cc2OC)cc1. The molecule has 0 aliphatic heterocycles. The Morgan fingerprint density at radius 1 is 1.05 bits per heavy atom. The maximum atomic E-state index is 12.6. The fraction of sp³-hybridized carbons (Fsp3) is 0.188. The normalized spacial score (nSPS) is 10.2. The number of benzene rings is 2. The predicted molar refractivity (Wildman–Crippen MR) is 81.9 cm³/mol. The standard InChI is InChI=1S/C16H15BrO3/c1-10-8-13(17)15(14(9-10)20-3)16(18)11-4-6-12(19-2)7-5-11/h4-9H,1-3H3. The molecule has 2 rings (SSSR count). The second-order valence-electron chi connectivity index (χ2n) is 4.38. The zero-order chi connectivity index (χ0) is 14.7. The van der Waals surface area contributed by atoms with Crippen molar-refractivity contribution in [3.05, 3.63) is 57.6 Å². The van der Waals surface area contributed by atoms with Gasteiger partial charge in [-0.3, -0.25) is 4.79 Å². The van der Waals surface area contributed by atoms with Crippen molar-refractivity contribution in [1.82, 2.24) is 0 Å². The molecule has 0 aliphatic carbocycles. The number of halogens is 1. The van der Waals surface area contributed by atoms with Gasteiger partial charge in [-0.15, -0.1) is 0 Å². The summed E-state index contributed by atoms with van der Waals surface area (Å²) in [5.41, 5.74) is 2.15. The molecule has 3 nitrogen and oxygen atoms in total. The van der Waals surface area contributed by atoms with Gasteiger partial charge >= 0.3 is 0 Å². The minimum absolute atomic E-state index is 0.0867. The minimum Gasteiger partial charge on any atom is -0.497 e. The van der Waals surface area contributed by atoms with Gasteiger partial charge in [0.1, 0.15) is 11.5 Å². The molecular weight excluding hydrogens is 320 g/mol. The third-order valence-corrected chi connectivity index (χ3v) is 3.62. The van der Waals surface area contributed by atoms with Gasteiger partial charge in [-0.1, -0.05) is 0 Å². The molecular formula is C16H15BrO3. The first-order chi connectivity index (χ1) is 9.56. The number of rotatable bonds is 4. The molecule has 2 aromatic rings. The molecule has 0 bridgehead atoms. The predicted octanol–water partition coefficient (Wildman–Crippen LogP) is 4.01. The number of ether oxygens (including phenoxy) is 2. The third kappa shape index (κ3) is 2.85. The van der Waals surface area contributed by atoms with Gasteiger partial charge in [-0.05, 0) is 64.8 Å². The van der Waals surface area contributed by atoms with Crippen LogP contribution in [0.15, 0.2) is 40.9 Å². The third-order valence-electron chi connectivity index (χ3n) is 3.00. The molecule has 20 heavy (non-hydrogen) atoms. The van der Waals surface area contributed by atoms with E-state index in [2.05, 4.69) is 15.9 Å². The lowest BCUT2D eigenvalue weighted by Crippen LogP contribution is -2.05. The molecule has 0 saturated carbocycles. The lowest BCUT2D eigenvalue weighted by Gasteiger charge is -2.11. The summed E-state index contributed by atoms with van der Waals surface area (Å²) in [4.78, 5) is 12.6. The van der Waals surface area contributed by atoms with E-state index in [0.29, 0.717) is 16.9 Å². The Kier molecular flexibility index (Phi) is 4.45. The highest BCUT2D eigenvalue weighted by atomic mass is 79.9. The zero-order valence-corrected chi connectivity index (χ0v) is 13.2. The van der Waals surface area contributed by atoms with Crippen LogP contribution in [0.5, 0.6) is 11.5 Å². The summed E-state index contributed by atoms with van der Waals surface area (Å²) in [5.74, 6) is 1.20. The molecule has 0 saturated heterocycles. The van der Waals surface area contributed by atoms with Crippen LogP contribution in [0.25, 0.3) is 0 Å². The van der Waals surface area contributed by atoms with Gasteiger partial charge in [0.25, 0.3) is 0 Å². The molecule has 0 aromatic heterocycles. The number of carbonyl (C=O) groups excluding carboxylic acids is 1. The van der Waals surface area contributed by atoms with Crippen molar-refractivity contribution in [1.29, 1.82) is 0 Å². The molecule has 0 radical (unpaired) electrons. The highest BCUT2D eigenvalue weighted by Gasteiger charge is 2.18. The first-order valence-electron chi connectivity index (χ1n) is 6.09. The van der Waals surface area contributed by atoms with Crippen molar-refractivity contribution in [2.75, 3.05) is 14.2 Å². The van der Waals surface area contributed by atoms with Crippen LogP contribution in [0.2, 0.25) is 0 Å². The molecule has 0 atom stereocenters. The molecule has 0 N–H and O–H groups in total. The zero-order valence-electron chi connectivity index (χ0n) is 11.6. The highest BCUT2D eigenvalue weighted by molar-refractivity contribution is 9.10. The molecule has 2 aromatic carbocycles. The van der Waals surface area contributed by atoms with Gasteiger partial charge in [0, 0.05) is 10.0 Å². The summed E-state index contributed by atoms with van der Waals surface area (Å²) < 4.78 is 11.1. The summed E-state index contributed by atoms with van der Waals surface area (Å²) in [5, 5.41) is 0. The van der Waals surface area contributed by atoms with Gasteiger partial charge in [-0.2, -0.15) is 0 Å². The van der Waals surface area contributed by atoms with E-state index in [0.717, 1.165) is 15.8 Å². The van der Waals surface area contributed by atoms with Crippen LogP contribution in [0.1, 0.15) is 21.5 Å². The average Bonchev–Trinajstić information content (AvgIpc) is 2.46. The summed E-state index contributed by atoms with van der Waals surface area (Å²) >= 11 is 3.44. The van der Waals surface area contributed by atoms with Crippen molar-refractivity contribution < 1.29 is 14.3 Å². The summed E-state index contributed by atoms with van der Waals surface area (Å²) in [6, 6.07) is 10.8. The number of hydrogen-bond donors (Lipinski definition) is 0. The first-order valence-corrected chi connectivity index (χ1v) is 6.89. The number of methoxy groups -OCH3 is 2. The van der Waals surface area contributed by atoms with Crippen molar-refractivity contribution in [3.8, 4) is 11.5 Å². The molecule has 104 valence electrons. The van der Waals surface area contributed by atoms with Gasteiger partial charge in [0.2, 0.25) is 0 Å². The maximum Gasteiger partial charge on any atom is 0.197 e. The van der Waals surface area contributed by atoms with E-state index >= 15 is 0 Å². The lowest BCUT2D eigenvalue weighted by molar-refractivity contribution is 0.103. The fourth-order valence-electron chi connectivity index (χ4n) is 1.98. The van der Waals surface area contributed by atoms with Crippen molar-refractivity contribution in [3.63, 3.8) is 0 Å². The Labute approximate surface area is 126 Å². The quantitative estimate of drug-likeness (QED) is 0.792. The van der Waals surface area contributed by atoms with E-state index in [1.54, 1.807) is 38.5 Å². The summed E-state index contributed by atoms with van der Waals surface area (Å²) in [7, 11) is 3.16. The number of ketones is 1. The van der Waals surface area contributed by atoms with Crippen LogP contribution in [0.4, 0.5) is 0 Å². The largest absolute Gasteiger partial charge is 0.497 e. The van der Waals surface area contributed by atoms with E-state index in [1.165, 1.54) is 0 Å². The van der Waals surface area contributed by atoms with Crippen molar-refractivity contribution in [2.45, 2.75) is 6.92 Å². The van der Waals surface area contributed by atoms with Gasteiger partial charge in [-0.25, -0.2) is 0 Å². The monoisotopic (exact) mass is 334 g/mol. The highest BCUT2D eigenvalue weighted by Crippen LogP contribution is 2.31. The number of hydrogen-bond acceptors (Lipinski definition) is 3. The number of aryl methyl sites for hydroxylation is 1. The van der Waals surface area contributed by atoms with E-state index in [4.69, 9.17) is 9.47 Å². The topological polar surface area (TPSA) is 35.5 Å². The van der Waals surface area contributed by atoms with Gasteiger partial charge < -0.3 is 9.47 Å². The van der Waals surface area contributed by atoms with Gasteiger partial charge in [0.05, 0.1) is 19.8 Å². The average molecular weight is 335 g/mol. The van der Waals surface area contributed by atoms with Crippen LogP contribution in [0.3, 0.4) is 0 Å². The summed E-state index contributed by atoms with van der Waals surface area (Å²) in [6.45, 7) is 1.95. The van der Waals surface area contributed by atoms with Crippen LogP contribution >= 0.6 is 15.9 Å². The second-order valence-corrected chi connectivity index (χ2v) is 5.24. The van der Waals surface area contributed by atoms with E-state index < -0.39 is 0 Å². The Balaban J connectivity index is 2.47. The smallest absolute Gasteiger partial charge is 0.197 e. The van der Waals surface area contributed by atoms with Crippen LogP contribution in [-0.4, -0.2) is 20.0 Å². The van der Waals surface area contributed by atoms with Crippen molar-refractivity contribution >= 4 is 21.7 Å². The van der Waals surface area contributed by atoms with E-state index in [-0.39, 0.29) is 5.78 Å². The van der Waals surface area contributed by atoms with Crippen LogP contribution in [0, 0.1) is 6.92 Å². The van der Waals surface area contributed by atoms with E-state index in [9.17, 15) is 4.79 Å². The maximum absolute atomic E-state index is 12.6. The Hall–Kier alpha value is -1.81. The lowest BCUT2D eigenvalue weighted by atomic mass is 10.0. The van der Waals surface area contributed by atoms with Crippen molar-refractivity contribution in [2.24, 2.45) is 0 Å². The Morgan fingerprint density at radius 2 is 1.70 bits per heavy atom. The van der Waals surface area contributed by atoms with Gasteiger partial charge in [0.15, 0.2) is 5.78 Å². The molecule has 0 heterocycles. The van der Waals surface area contributed by atoms with Crippen LogP contribution < -0.4 is 9.47 Å². The second kappa shape index (κ2) is 6.09. The molecule has 0 spiro atoms. The Bertz CT molecular complexity index is 633. The van der Waals surface area contributed by atoms with Crippen LogP contribution in [-0.2, 0) is 0 Å².